The number of imide groups is 1. The Morgan fingerprint density at radius 1 is 1.30 bits per heavy atom. The largest absolute Gasteiger partial charge is 0.444 e. The van der Waals surface area contributed by atoms with Gasteiger partial charge >= 0.3 is 6.09 Å². The van der Waals surface area contributed by atoms with Gasteiger partial charge in [-0.05, 0) is 39.7 Å². The summed E-state index contributed by atoms with van der Waals surface area (Å²) >= 11 is 0. The molecule has 0 radical (unpaired) electrons. The lowest BCUT2D eigenvalue weighted by Crippen LogP contribution is -2.52. The van der Waals surface area contributed by atoms with Gasteiger partial charge in [-0.1, -0.05) is 12.1 Å². The number of nitrogens with zero attached hydrogens (tertiary/aromatic N) is 1. The van der Waals surface area contributed by atoms with Gasteiger partial charge in [-0.2, -0.15) is 0 Å². The van der Waals surface area contributed by atoms with Crippen molar-refractivity contribution in [2.45, 2.75) is 51.8 Å². The summed E-state index contributed by atoms with van der Waals surface area (Å²) in [5.74, 6) is -1.41. The zero-order valence-corrected chi connectivity index (χ0v) is 15.4. The summed E-state index contributed by atoms with van der Waals surface area (Å²) < 4.78 is 12.2. The van der Waals surface area contributed by atoms with Gasteiger partial charge in [-0.25, -0.2) is 4.79 Å². The maximum atomic E-state index is 12.1. The Hall–Kier alpha value is -3.01. The number of benzene rings is 1. The summed E-state index contributed by atoms with van der Waals surface area (Å²) in [5, 5.41) is 15.0. The van der Waals surface area contributed by atoms with Crippen LogP contribution in [0.1, 0.15) is 34.6 Å². The Morgan fingerprint density at radius 2 is 1.89 bits per heavy atom. The number of alkyl carbamates (subject to hydrolysis) is 1. The van der Waals surface area contributed by atoms with Crippen molar-refractivity contribution in [1.29, 1.82) is 0 Å². The van der Waals surface area contributed by atoms with Gasteiger partial charge in [0.1, 0.15) is 11.6 Å². The first-order chi connectivity index (χ1) is 12.9. The number of nitrogens with two attached hydrogens (primary N) is 1. The quantitative estimate of drug-likeness (QED) is 0.491. The minimum absolute atomic E-state index is 0.0763. The van der Waals surface area contributed by atoms with Crippen LogP contribution in [0.5, 0.6) is 0 Å². The predicted molar refractivity (Wildman–Crippen MR) is 96.8 cm³/mol. The van der Waals surface area contributed by atoms with E-state index < -0.39 is 40.5 Å². The molecule has 4 N–H and O–H groups in total. The van der Waals surface area contributed by atoms with Crippen LogP contribution in [0.2, 0.25) is 0 Å². The van der Waals surface area contributed by atoms with E-state index >= 15 is 0 Å². The van der Waals surface area contributed by atoms with Crippen LogP contribution in [0.25, 0.3) is 0 Å². The second-order valence-corrected chi connectivity index (χ2v) is 6.60. The van der Waals surface area contributed by atoms with Crippen molar-refractivity contribution in [3.63, 3.8) is 0 Å². The number of nitrogens with one attached hydrogen (secondary N) is 2. The molecule has 148 valence electrons. The van der Waals surface area contributed by atoms with Crippen molar-refractivity contribution in [3.05, 3.63) is 39.9 Å². The average molecular weight is 381 g/mol. The van der Waals surface area contributed by atoms with Crippen molar-refractivity contribution in [2.24, 2.45) is 5.73 Å². The number of ether oxygens (including phenoxy) is 1. The molecular formula is C17H24N4O6. The van der Waals surface area contributed by atoms with Gasteiger partial charge in [0.25, 0.3) is 11.6 Å². The van der Waals surface area contributed by atoms with Gasteiger partial charge in [0.2, 0.25) is 5.91 Å². The van der Waals surface area contributed by atoms with E-state index in [2.05, 4.69) is 5.32 Å². The second kappa shape index (κ2) is 9.08. The Kier molecular flexibility index (Phi) is 6.83. The standard InChI is InChI=1S/C17H24N4O6/c1-10(14(22)20-16(24)27-17(2,3)4)19-15(23)13(18)9-11-5-7-12(8-6-11)21(25)26/h5-8,10,13H,9,18H2,1-4H3,(H,19,23)(H,20,22,24)/t10-,13-/m0/s1/i2D. The fourth-order valence-corrected chi connectivity index (χ4v) is 1.97. The van der Waals surface area contributed by atoms with E-state index in [9.17, 15) is 24.5 Å². The summed E-state index contributed by atoms with van der Waals surface area (Å²) in [6.45, 7) is 4.23. The maximum Gasteiger partial charge on any atom is 0.414 e. The molecule has 1 aromatic carbocycles. The lowest BCUT2D eigenvalue weighted by molar-refractivity contribution is -0.384. The molecule has 0 heterocycles. The lowest BCUT2D eigenvalue weighted by atomic mass is 10.1. The molecule has 1 rings (SSSR count). The number of amides is 3. The third-order valence-corrected chi connectivity index (χ3v) is 3.29. The van der Waals surface area contributed by atoms with Crippen LogP contribution in [0.4, 0.5) is 10.5 Å². The Bertz CT molecular complexity index is 738. The fraction of sp³-hybridized carbons (Fsp3) is 0.471. The number of rotatable bonds is 6. The summed E-state index contributed by atoms with van der Waals surface area (Å²) in [6.07, 6.45) is -0.906. The maximum absolute atomic E-state index is 12.1. The molecule has 0 spiro atoms. The van der Waals surface area contributed by atoms with Gasteiger partial charge in [-0.3, -0.25) is 25.0 Å². The third kappa shape index (κ3) is 7.82. The molecule has 0 unspecified atom stereocenters. The Labute approximate surface area is 158 Å². The smallest absolute Gasteiger partial charge is 0.414 e. The van der Waals surface area contributed by atoms with E-state index in [1.807, 2.05) is 5.32 Å². The highest BCUT2D eigenvalue weighted by Crippen LogP contribution is 2.13. The summed E-state index contributed by atoms with van der Waals surface area (Å²) in [7, 11) is 0. The highest BCUT2D eigenvalue weighted by atomic mass is 16.6. The van der Waals surface area contributed by atoms with E-state index in [1.165, 1.54) is 45.0 Å². The molecule has 0 fully saturated rings. The first kappa shape index (κ1) is 20.3. The van der Waals surface area contributed by atoms with Crippen LogP contribution >= 0.6 is 0 Å². The molecule has 0 saturated heterocycles. The number of hydrogen-bond acceptors (Lipinski definition) is 7. The summed E-state index contributed by atoms with van der Waals surface area (Å²) in [6, 6.07) is 3.55. The lowest BCUT2D eigenvalue weighted by Gasteiger charge is -2.21. The topological polar surface area (TPSA) is 154 Å². The zero-order chi connectivity index (χ0) is 21.5. The predicted octanol–water partition coefficient (Wildman–Crippen LogP) is 1.02. The van der Waals surface area contributed by atoms with E-state index in [0.29, 0.717) is 5.56 Å². The van der Waals surface area contributed by atoms with Gasteiger partial charge in [0, 0.05) is 13.5 Å². The molecule has 2 atom stereocenters. The van der Waals surface area contributed by atoms with Crippen LogP contribution in [-0.2, 0) is 20.7 Å². The van der Waals surface area contributed by atoms with E-state index in [4.69, 9.17) is 11.8 Å². The molecule has 3 amide bonds. The molecule has 0 aliphatic carbocycles. The Balaban J connectivity index is 2.54. The van der Waals surface area contributed by atoms with Crippen LogP contribution in [0.15, 0.2) is 24.3 Å². The van der Waals surface area contributed by atoms with Crippen molar-refractivity contribution in [3.8, 4) is 0 Å². The zero-order valence-electron chi connectivity index (χ0n) is 16.4. The van der Waals surface area contributed by atoms with Crippen molar-refractivity contribution in [1.82, 2.24) is 10.6 Å². The van der Waals surface area contributed by atoms with Crippen LogP contribution in [-0.4, -0.2) is 40.5 Å². The van der Waals surface area contributed by atoms with Gasteiger partial charge in [-0.15, -0.1) is 0 Å². The Morgan fingerprint density at radius 3 is 2.41 bits per heavy atom. The molecule has 0 saturated carbocycles. The number of hydrogen-bond donors (Lipinski definition) is 3. The van der Waals surface area contributed by atoms with Gasteiger partial charge < -0.3 is 15.8 Å². The SMILES string of the molecule is [2H]CC(C)(C)OC(=O)NC(=O)[C@H](C)NC(=O)[C@@H](N)Cc1ccc([N+](=O)[O-])cc1. The monoisotopic (exact) mass is 381 g/mol. The molecule has 10 nitrogen and oxygen atoms in total. The van der Waals surface area contributed by atoms with E-state index in [0.717, 1.165) is 0 Å². The van der Waals surface area contributed by atoms with Crippen LogP contribution in [0.3, 0.4) is 0 Å². The van der Waals surface area contributed by atoms with Gasteiger partial charge in [0.05, 0.1) is 11.0 Å². The number of nitro groups is 1. The first-order valence-corrected chi connectivity index (χ1v) is 8.07. The molecule has 27 heavy (non-hydrogen) atoms. The number of carbonyl (C=O) groups excluding carboxylic acids is 3. The molecular weight excluding hydrogens is 356 g/mol. The first-order valence-electron chi connectivity index (χ1n) is 8.78. The highest BCUT2D eigenvalue weighted by Gasteiger charge is 2.24. The number of non-ortho nitro benzene ring substituents is 1. The highest BCUT2D eigenvalue weighted by molar-refractivity contribution is 5.97. The van der Waals surface area contributed by atoms with E-state index in [1.54, 1.807) is 0 Å². The van der Waals surface area contributed by atoms with E-state index in [-0.39, 0.29) is 19.0 Å². The minimum Gasteiger partial charge on any atom is -0.444 e. The van der Waals surface area contributed by atoms with Crippen LogP contribution in [0, 0.1) is 10.1 Å². The van der Waals surface area contributed by atoms with Crippen molar-refractivity contribution in [2.75, 3.05) is 0 Å². The molecule has 0 aliphatic rings. The van der Waals surface area contributed by atoms with Crippen molar-refractivity contribution >= 4 is 23.6 Å². The van der Waals surface area contributed by atoms with Crippen molar-refractivity contribution < 1.29 is 25.4 Å². The van der Waals surface area contributed by atoms with Gasteiger partial charge in [0.15, 0.2) is 0 Å². The molecule has 0 aromatic heterocycles. The second-order valence-electron chi connectivity index (χ2n) is 6.60. The third-order valence-electron chi connectivity index (χ3n) is 3.29. The molecule has 0 bridgehead atoms. The minimum atomic E-state index is -1.05. The molecule has 0 aliphatic heterocycles. The fourth-order valence-electron chi connectivity index (χ4n) is 1.97. The molecule has 1 aromatic rings. The van der Waals surface area contributed by atoms with Crippen LogP contribution < -0.4 is 16.4 Å². The summed E-state index contributed by atoms with van der Waals surface area (Å²) in [5.41, 5.74) is 5.30. The number of carbonyl (C=O) groups is 3. The average Bonchev–Trinajstić information content (AvgIpc) is 2.61. The molecule has 10 heteroatoms. The summed E-state index contributed by atoms with van der Waals surface area (Å²) in [4.78, 5) is 45.8. The normalized spacial score (nSPS) is 13.7. The number of nitro benzene ring substituents is 1.